The fourth-order valence-electron chi connectivity index (χ4n) is 2.76. The first-order chi connectivity index (χ1) is 13.9. The van der Waals surface area contributed by atoms with E-state index in [1.807, 2.05) is 6.07 Å². The summed E-state index contributed by atoms with van der Waals surface area (Å²) >= 11 is 6.23. The van der Waals surface area contributed by atoms with Crippen LogP contribution in [-0.2, 0) is 4.79 Å². The molecule has 0 saturated carbocycles. The number of halogens is 1. The number of hydrazone groups is 1. The van der Waals surface area contributed by atoms with Crippen molar-refractivity contribution in [1.82, 2.24) is 10.6 Å². The number of rotatable bonds is 5. The highest BCUT2D eigenvalue weighted by molar-refractivity contribution is 6.33. The zero-order chi connectivity index (χ0) is 21.0. The lowest BCUT2D eigenvalue weighted by Crippen LogP contribution is -2.20. The smallest absolute Gasteiger partial charge is 0.277 e. The maximum absolute atomic E-state index is 12.8. The van der Waals surface area contributed by atoms with Crippen LogP contribution < -0.4 is 10.7 Å². The molecule has 0 fully saturated rings. The van der Waals surface area contributed by atoms with E-state index in [0.29, 0.717) is 33.4 Å². The summed E-state index contributed by atoms with van der Waals surface area (Å²) in [5.41, 5.74) is 5.72. The molecule has 2 aromatic carbocycles. The monoisotopic (exact) mass is 410 g/mol. The molecule has 0 radical (unpaired) electrons. The van der Waals surface area contributed by atoms with Crippen molar-refractivity contribution >= 4 is 34.8 Å². The number of carbonyl (C=O) groups is 2. The van der Waals surface area contributed by atoms with Crippen molar-refractivity contribution in [3.8, 4) is 11.3 Å². The fraction of sp³-hybridized carbons (Fsp3) is 0.143. The molecule has 0 spiro atoms. The third-order valence-corrected chi connectivity index (χ3v) is 4.47. The van der Waals surface area contributed by atoms with E-state index in [1.54, 1.807) is 56.3 Å². The number of nitrogens with one attached hydrogen (secondary N) is 2. The number of aromatic nitrogens is 1. The molecule has 2 amide bonds. The predicted molar refractivity (Wildman–Crippen MR) is 112 cm³/mol. The molecule has 148 valence electrons. The summed E-state index contributed by atoms with van der Waals surface area (Å²) in [6, 6.07) is 14.2. The van der Waals surface area contributed by atoms with E-state index < -0.39 is 5.91 Å². The van der Waals surface area contributed by atoms with Crippen molar-refractivity contribution in [2.75, 3.05) is 5.32 Å². The van der Waals surface area contributed by atoms with Crippen LogP contribution in [0.25, 0.3) is 11.3 Å². The minimum Gasteiger partial charge on any atom is -0.360 e. The maximum atomic E-state index is 12.8. The van der Waals surface area contributed by atoms with E-state index in [4.69, 9.17) is 16.1 Å². The van der Waals surface area contributed by atoms with Crippen LogP contribution in [0, 0.1) is 6.92 Å². The lowest BCUT2D eigenvalue weighted by molar-refractivity contribution is -0.114. The molecule has 1 aromatic heterocycles. The van der Waals surface area contributed by atoms with Gasteiger partial charge in [-0.2, -0.15) is 5.10 Å². The number of amides is 2. The lowest BCUT2D eigenvalue weighted by Gasteiger charge is -2.07. The third-order valence-electron chi connectivity index (χ3n) is 4.14. The molecule has 0 aliphatic rings. The van der Waals surface area contributed by atoms with Gasteiger partial charge in [0.2, 0.25) is 5.91 Å². The van der Waals surface area contributed by atoms with Gasteiger partial charge in [-0.15, -0.1) is 0 Å². The van der Waals surface area contributed by atoms with Crippen molar-refractivity contribution in [2.45, 2.75) is 20.8 Å². The number of carbonyl (C=O) groups excluding carboxylic acids is 2. The van der Waals surface area contributed by atoms with E-state index in [0.717, 1.165) is 5.56 Å². The number of aryl methyl sites for hydroxylation is 1. The Hall–Kier alpha value is -3.45. The second kappa shape index (κ2) is 8.70. The molecule has 0 aliphatic carbocycles. The van der Waals surface area contributed by atoms with Crippen LogP contribution in [0.3, 0.4) is 0 Å². The maximum Gasteiger partial charge on any atom is 0.277 e. The average molecular weight is 411 g/mol. The Morgan fingerprint density at radius 1 is 1.10 bits per heavy atom. The highest BCUT2D eigenvalue weighted by atomic mass is 35.5. The van der Waals surface area contributed by atoms with Gasteiger partial charge in [-0.25, -0.2) is 5.43 Å². The standard InChI is InChI=1S/C21H19ClN4O3/c1-12(15-7-6-8-16(11-15)23-14(3)27)24-25-21(28)19-13(2)29-26-20(19)17-9-4-5-10-18(17)22/h4-11H,1-3H3,(H,23,27)(H,25,28)/b24-12-. The molecule has 0 unspecified atom stereocenters. The van der Waals surface area contributed by atoms with Gasteiger partial charge < -0.3 is 9.84 Å². The topological polar surface area (TPSA) is 96.6 Å². The number of hydrogen-bond donors (Lipinski definition) is 2. The molecular formula is C21H19ClN4O3. The van der Waals surface area contributed by atoms with E-state index in [1.165, 1.54) is 6.92 Å². The van der Waals surface area contributed by atoms with Crippen LogP contribution in [0.2, 0.25) is 5.02 Å². The molecule has 7 nitrogen and oxygen atoms in total. The molecule has 1 heterocycles. The molecule has 0 saturated heterocycles. The molecule has 0 atom stereocenters. The second-order valence-electron chi connectivity index (χ2n) is 6.34. The van der Waals surface area contributed by atoms with Gasteiger partial charge in [-0.3, -0.25) is 9.59 Å². The summed E-state index contributed by atoms with van der Waals surface area (Å²) in [6.45, 7) is 4.84. The molecule has 3 aromatic rings. The summed E-state index contributed by atoms with van der Waals surface area (Å²) in [5.74, 6) is -0.269. The minimum absolute atomic E-state index is 0.167. The van der Waals surface area contributed by atoms with Crippen molar-refractivity contribution in [3.05, 3.63) is 70.4 Å². The van der Waals surface area contributed by atoms with Crippen LogP contribution in [0.1, 0.15) is 35.5 Å². The Morgan fingerprint density at radius 3 is 2.59 bits per heavy atom. The molecule has 8 heteroatoms. The van der Waals surface area contributed by atoms with E-state index in [-0.39, 0.29) is 11.5 Å². The van der Waals surface area contributed by atoms with Gasteiger partial charge in [0.25, 0.3) is 5.91 Å². The molecule has 2 N–H and O–H groups in total. The Kier molecular flexibility index (Phi) is 6.09. The number of nitrogens with zero attached hydrogens (tertiary/aromatic N) is 2. The highest BCUT2D eigenvalue weighted by Crippen LogP contribution is 2.30. The molecule has 29 heavy (non-hydrogen) atoms. The van der Waals surface area contributed by atoms with Crippen LogP contribution in [0.5, 0.6) is 0 Å². The van der Waals surface area contributed by atoms with Gasteiger partial charge in [-0.1, -0.05) is 47.1 Å². The van der Waals surface area contributed by atoms with Gasteiger partial charge in [0, 0.05) is 18.2 Å². The summed E-state index contributed by atoms with van der Waals surface area (Å²) in [4.78, 5) is 24.0. The first-order valence-corrected chi connectivity index (χ1v) is 9.18. The van der Waals surface area contributed by atoms with Crippen LogP contribution in [-0.4, -0.2) is 22.7 Å². The predicted octanol–water partition coefficient (Wildman–Crippen LogP) is 4.42. The minimum atomic E-state index is -0.462. The van der Waals surface area contributed by atoms with Crippen LogP contribution in [0.15, 0.2) is 58.2 Å². The second-order valence-corrected chi connectivity index (χ2v) is 6.75. The first-order valence-electron chi connectivity index (χ1n) is 8.80. The van der Waals surface area contributed by atoms with E-state index in [9.17, 15) is 9.59 Å². The van der Waals surface area contributed by atoms with Crippen molar-refractivity contribution in [1.29, 1.82) is 0 Å². The zero-order valence-electron chi connectivity index (χ0n) is 16.1. The summed E-state index contributed by atoms with van der Waals surface area (Å²) in [5, 5.41) is 11.3. The Bertz CT molecular complexity index is 1100. The summed E-state index contributed by atoms with van der Waals surface area (Å²) < 4.78 is 5.21. The van der Waals surface area contributed by atoms with Gasteiger partial charge in [0.05, 0.1) is 10.7 Å². The summed E-state index contributed by atoms with van der Waals surface area (Å²) in [6.07, 6.45) is 0. The third kappa shape index (κ3) is 4.70. The summed E-state index contributed by atoms with van der Waals surface area (Å²) in [7, 11) is 0. The Labute approximate surface area is 172 Å². The first kappa shape index (κ1) is 20.3. The van der Waals surface area contributed by atoms with Crippen LogP contribution in [0.4, 0.5) is 5.69 Å². The SMILES string of the molecule is CC(=O)Nc1cccc(/C(C)=N\NC(=O)c2c(-c3ccccc3Cl)noc2C)c1. The number of benzene rings is 2. The normalized spacial score (nSPS) is 11.2. The van der Waals surface area contributed by atoms with E-state index >= 15 is 0 Å². The molecule has 0 bridgehead atoms. The lowest BCUT2D eigenvalue weighted by atomic mass is 10.1. The fourth-order valence-corrected chi connectivity index (χ4v) is 2.98. The van der Waals surface area contributed by atoms with Gasteiger partial charge in [0.15, 0.2) is 0 Å². The number of anilines is 1. The average Bonchev–Trinajstić information content (AvgIpc) is 3.07. The van der Waals surface area contributed by atoms with Crippen molar-refractivity contribution < 1.29 is 14.1 Å². The molecule has 3 rings (SSSR count). The highest BCUT2D eigenvalue weighted by Gasteiger charge is 2.22. The van der Waals surface area contributed by atoms with Crippen molar-refractivity contribution in [2.24, 2.45) is 5.10 Å². The van der Waals surface area contributed by atoms with Gasteiger partial charge >= 0.3 is 0 Å². The Morgan fingerprint density at radius 2 is 1.86 bits per heavy atom. The zero-order valence-corrected chi connectivity index (χ0v) is 16.9. The van der Waals surface area contributed by atoms with Gasteiger partial charge in [-0.05, 0) is 37.6 Å². The van der Waals surface area contributed by atoms with Crippen molar-refractivity contribution in [3.63, 3.8) is 0 Å². The molecular weight excluding hydrogens is 392 g/mol. The quantitative estimate of drug-likeness (QED) is 0.480. The molecule has 0 aliphatic heterocycles. The van der Waals surface area contributed by atoms with Gasteiger partial charge in [0.1, 0.15) is 17.0 Å². The Balaban J connectivity index is 1.84. The largest absolute Gasteiger partial charge is 0.360 e. The van der Waals surface area contributed by atoms with E-state index in [2.05, 4.69) is 21.0 Å². The number of hydrogen-bond acceptors (Lipinski definition) is 5. The van der Waals surface area contributed by atoms with Crippen LogP contribution >= 0.6 is 11.6 Å².